The Morgan fingerprint density at radius 2 is 0.904 bits per heavy atom. The SMILES string of the molecule is C#C[C@H]1OC(=O)[C@H](CCC(C)C)N(C)C(=O)[C@@H](Cc2ccc(OC(F)(F)F)cc2)OC(=O)[C@H](CC(C)(C)F)N(C)C(=O)[C@@H](C)OC(=O)[C@H](CC(C)C)N(C)C(=O)[C@@H](Cc2ccc(OC(F)(F)F)cc2)OC(=O)[C@H](CCC(C)(C)F)N(C)C1=O. The maximum absolute atomic E-state index is 15.8. The molecule has 3 rings (SSSR count). The largest absolute Gasteiger partial charge is 0.573 e. The zero-order chi connectivity index (χ0) is 63.3. The number of cyclic esters (lactones) is 4. The van der Waals surface area contributed by atoms with E-state index < -0.39 is 170 Å². The van der Waals surface area contributed by atoms with Gasteiger partial charge in [0.15, 0.2) is 18.3 Å². The molecule has 1 aliphatic rings. The summed E-state index contributed by atoms with van der Waals surface area (Å²) in [6, 6.07) is 1.06. The van der Waals surface area contributed by atoms with Crippen LogP contribution in [0.1, 0.15) is 112 Å². The highest BCUT2D eigenvalue weighted by atomic mass is 19.4. The van der Waals surface area contributed by atoms with Gasteiger partial charge in [0.05, 0.1) is 0 Å². The van der Waals surface area contributed by atoms with Crippen molar-refractivity contribution in [2.24, 2.45) is 11.8 Å². The Balaban J connectivity index is 2.37. The molecule has 0 spiro atoms. The van der Waals surface area contributed by atoms with Gasteiger partial charge in [-0.3, -0.25) is 19.2 Å². The maximum atomic E-state index is 15.8. The molecule has 83 heavy (non-hydrogen) atoms. The standard InChI is InChI=1S/C57H74F8N4O14/c1-15-43-47(71)67(12)40(26-27-54(7,8)58)51(75)80-45(30-36-19-23-38(24-20-36)83-57(63,64)65)49(73)68(13)41(28-33(4)5)52(76)78-34(6)46(70)69(14)42(31-55(9,10)59)53(77)81-44(29-35-17-21-37(22-18-35)82-56(60,61)62)48(72)66(11)39(50(74)79-43)25-16-32(2)3/h1,17-24,32-34,39-45H,16,25-31H2,2-14H3/t34-,39+,40+,41+,42+,43-,44-,45-/m1/s1. The molecule has 0 saturated carbocycles. The first-order valence-corrected chi connectivity index (χ1v) is 26.5. The molecule has 0 aliphatic carbocycles. The van der Waals surface area contributed by atoms with E-state index in [4.69, 9.17) is 25.4 Å². The van der Waals surface area contributed by atoms with Crippen LogP contribution in [0.5, 0.6) is 11.5 Å². The third-order valence-corrected chi connectivity index (χ3v) is 13.2. The Morgan fingerprint density at radius 3 is 1.30 bits per heavy atom. The summed E-state index contributed by atoms with van der Waals surface area (Å²) in [6.45, 7) is 12.4. The van der Waals surface area contributed by atoms with E-state index in [1.54, 1.807) is 27.7 Å². The van der Waals surface area contributed by atoms with Crippen molar-refractivity contribution in [1.29, 1.82) is 0 Å². The molecule has 18 nitrogen and oxygen atoms in total. The van der Waals surface area contributed by atoms with E-state index in [0.29, 0.717) is 9.80 Å². The van der Waals surface area contributed by atoms with Gasteiger partial charge in [-0.05, 0) is 114 Å². The predicted octanol–water partition coefficient (Wildman–Crippen LogP) is 8.04. The fourth-order valence-electron chi connectivity index (χ4n) is 8.68. The summed E-state index contributed by atoms with van der Waals surface area (Å²) in [5.74, 6) is -9.89. The Labute approximate surface area is 477 Å². The highest BCUT2D eigenvalue weighted by Gasteiger charge is 2.44. The number of likely N-dealkylation sites (N-methyl/N-ethyl adjacent to an activating group) is 4. The highest BCUT2D eigenvalue weighted by Crippen LogP contribution is 2.29. The maximum Gasteiger partial charge on any atom is 0.573 e. The van der Waals surface area contributed by atoms with Crippen LogP contribution in [0, 0.1) is 24.2 Å². The molecule has 8 atom stereocenters. The van der Waals surface area contributed by atoms with E-state index in [-0.39, 0.29) is 36.3 Å². The molecule has 2 aromatic carbocycles. The zero-order valence-electron chi connectivity index (χ0n) is 48.7. The van der Waals surface area contributed by atoms with Crippen molar-refractivity contribution in [2.75, 3.05) is 28.2 Å². The van der Waals surface area contributed by atoms with E-state index in [2.05, 4.69) is 9.47 Å². The molecular weight excluding hydrogens is 1120 g/mol. The molecule has 1 aliphatic heterocycles. The van der Waals surface area contributed by atoms with E-state index >= 15 is 8.78 Å². The molecule has 0 radical (unpaired) electrons. The lowest BCUT2D eigenvalue weighted by Gasteiger charge is -2.35. The van der Waals surface area contributed by atoms with Gasteiger partial charge in [-0.15, -0.1) is 32.8 Å². The molecule has 4 amide bonds. The van der Waals surface area contributed by atoms with Gasteiger partial charge in [0.1, 0.15) is 47.0 Å². The lowest BCUT2D eigenvalue weighted by molar-refractivity contribution is -0.275. The summed E-state index contributed by atoms with van der Waals surface area (Å²) in [5.41, 5.74) is -4.16. The molecule has 1 saturated heterocycles. The van der Waals surface area contributed by atoms with Crippen LogP contribution in [0.3, 0.4) is 0 Å². The summed E-state index contributed by atoms with van der Waals surface area (Å²) in [7, 11) is 4.29. The minimum Gasteiger partial charge on any atom is -0.451 e. The van der Waals surface area contributed by atoms with Crippen molar-refractivity contribution in [2.45, 2.75) is 186 Å². The topological polar surface area (TPSA) is 205 Å². The van der Waals surface area contributed by atoms with Crippen LogP contribution in [-0.4, -0.2) is 168 Å². The first-order chi connectivity index (χ1) is 38.1. The van der Waals surface area contributed by atoms with Gasteiger partial charge in [0, 0.05) is 47.5 Å². The number of esters is 4. The number of carbonyl (C=O) groups excluding carboxylic acids is 8. The van der Waals surface area contributed by atoms with Crippen LogP contribution in [0.25, 0.3) is 0 Å². The summed E-state index contributed by atoms with van der Waals surface area (Å²) in [5, 5.41) is 0. The molecule has 0 N–H and O–H groups in total. The molecule has 0 bridgehead atoms. The molecule has 1 heterocycles. The number of benzene rings is 2. The molecule has 2 aromatic rings. The molecule has 0 aromatic heterocycles. The van der Waals surface area contributed by atoms with Crippen molar-refractivity contribution in [3.63, 3.8) is 0 Å². The van der Waals surface area contributed by atoms with E-state index in [1.807, 2.05) is 5.92 Å². The van der Waals surface area contributed by atoms with Gasteiger partial charge in [-0.2, -0.15) is 0 Å². The first-order valence-electron chi connectivity index (χ1n) is 26.5. The number of alkyl halides is 8. The third kappa shape index (κ3) is 22.5. The number of nitrogens with zero attached hydrogens (tertiary/aromatic N) is 4. The van der Waals surface area contributed by atoms with Gasteiger partial charge in [0.25, 0.3) is 23.6 Å². The van der Waals surface area contributed by atoms with Crippen LogP contribution in [0.2, 0.25) is 0 Å². The quantitative estimate of drug-likeness (QED) is 0.0676. The van der Waals surface area contributed by atoms with Crippen molar-refractivity contribution in [3.8, 4) is 23.8 Å². The Bertz CT molecular complexity index is 2610. The van der Waals surface area contributed by atoms with E-state index in [9.17, 15) is 64.7 Å². The fourth-order valence-corrected chi connectivity index (χ4v) is 8.68. The van der Waals surface area contributed by atoms with Crippen LogP contribution >= 0.6 is 0 Å². The normalized spacial score (nSPS) is 23.3. The lowest BCUT2D eigenvalue weighted by Crippen LogP contribution is -2.55. The molecular formula is C57H74F8N4O14. The number of ether oxygens (including phenoxy) is 6. The predicted molar refractivity (Wildman–Crippen MR) is 282 cm³/mol. The number of carbonyl (C=O) groups is 8. The zero-order valence-corrected chi connectivity index (χ0v) is 48.7. The highest BCUT2D eigenvalue weighted by molar-refractivity contribution is 5.95. The summed E-state index contributed by atoms with van der Waals surface area (Å²) in [6.07, 6.45) is -15.6. The third-order valence-electron chi connectivity index (χ3n) is 13.2. The second kappa shape index (κ2) is 29.4. The van der Waals surface area contributed by atoms with Crippen molar-refractivity contribution in [1.82, 2.24) is 19.6 Å². The average Bonchev–Trinajstić information content (AvgIpc) is 3.39. The van der Waals surface area contributed by atoms with Crippen LogP contribution in [-0.2, 0) is 70.1 Å². The number of hydrogen-bond donors (Lipinski definition) is 0. The Hall–Kier alpha value is -7.20. The Morgan fingerprint density at radius 1 is 0.518 bits per heavy atom. The summed E-state index contributed by atoms with van der Waals surface area (Å²) < 4.78 is 141. The average molecular weight is 1190 g/mol. The molecule has 26 heteroatoms. The molecule has 1 fully saturated rings. The van der Waals surface area contributed by atoms with E-state index in [0.717, 1.165) is 121 Å². The Kier molecular flexibility index (Phi) is 24.8. The van der Waals surface area contributed by atoms with Crippen LogP contribution in [0.15, 0.2) is 48.5 Å². The van der Waals surface area contributed by atoms with Crippen molar-refractivity contribution in [3.05, 3.63) is 59.7 Å². The molecule has 0 unspecified atom stereocenters. The lowest BCUT2D eigenvalue weighted by atomic mass is 9.98. The summed E-state index contributed by atoms with van der Waals surface area (Å²) in [4.78, 5) is 119. The number of amides is 4. The van der Waals surface area contributed by atoms with Gasteiger partial charge in [-0.1, -0.05) is 57.9 Å². The number of rotatable bonds is 16. The van der Waals surface area contributed by atoms with Crippen molar-refractivity contribution >= 4 is 47.5 Å². The second-order valence-corrected chi connectivity index (χ2v) is 22.3. The van der Waals surface area contributed by atoms with Crippen molar-refractivity contribution < 1.29 is 102 Å². The molecule has 462 valence electrons. The van der Waals surface area contributed by atoms with Gasteiger partial charge >= 0.3 is 36.6 Å². The van der Waals surface area contributed by atoms with Crippen LogP contribution < -0.4 is 9.47 Å². The monoisotopic (exact) mass is 1190 g/mol. The number of halogens is 8. The number of hydrogen-bond acceptors (Lipinski definition) is 14. The van der Waals surface area contributed by atoms with Crippen LogP contribution in [0.4, 0.5) is 35.1 Å². The minimum absolute atomic E-state index is 0.0606. The van der Waals surface area contributed by atoms with E-state index in [1.165, 1.54) is 0 Å². The van der Waals surface area contributed by atoms with Gasteiger partial charge in [0.2, 0.25) is 6.10 Å². The number of terminal acetylenes is 1. The second-order valence-electron chi connectivity index (χ2n) is 22.3. The fraction of sp³-hybridized carbons (Fsp3) is 0.614. The minimum atomic E-state index is -5.08. The first kappa shape index (κ1) is 70.1. The van der Waals surface area contributed by atoms with Gasteiger partial charge in [-0.25, -0.2) is 28.0 Å². The smallest absolute Gasteiger partial charge is 0.451 e. The summed E-state index contributed by atoms with van der Waals surface area (Å²) >= 11 is 0. The van der Waals surface area contributed by atoms with Gasteiger partial charge < -0.3 is 48.0 Å².